The topological polar surface area (TPSA) is 58.1 Å². The number of aryl methyl sites for hydroxylation is 1. The third-order valence-corrected chi connectivity index (χ3v) is 6.02. The molecule has 1 saturated heterocycles. The quantitative estimate of drug-likeness (QED) is 0.725. The van der Waals surface area contributed by atoms with Gasteiger partial charge in [0.15, 0.2) is 0 Å². The van der Waals surface area contributed by atoms with Crippen LogP contribution in [0.15, 0.2) is 48.7 Å². The average molecular weight is 399 g/mol. The number of thiazole rings is 1. The Morgan fingerprint density at radius 1 is 1.30 bits per heavy atom. The number of aromatic nitrogens is 2. The van der Waals surface area contributed by atoms with Gasteiger partial charge in [-0.1, -0.05) is 29.8 Å². The second-order valence-electron chi connectivity index (χ2n) is 6.42. The minimum atomic E-state index is -0.0512. The van der Waals surface area contributed by atoms with Crippen molar-refractivity contribution in [1.29, 1.82) is 0 Å². The van der Waals surface area contributed by atoms with Crippen molar-refractivity contribution in [2.75, 3.05) is 19.6 Å². The molecule has 1 aromatic carbocycles. The van der Waals surface area contributed by atoms with Crippen LogP contribution in [0.4, 0.5) is 0 Å². The fourth-order valence-electron chi connectivity index (χ4n) is 3.28. The number of rotatable bonds is 3. The number of carbonyl (C=O) groups is 1. The molecule has 1 aliphatic rings. The number of amides is 1. The highest BCUT2D eigenvalue weighted by molar-refractivity contribution is 7.17. The van der Waals surface area contributed by atoms with Crippen molar-refractivity contribution in [3.05, 3.63) is 69.8 Å². The van der Waals surface area contributed by atoms with Crippen LogP contribution in [0.1, 0.15) is 27.0 Å². The van der Waals surface area contributed by atoms with Crippen LogP contribution in [0.5, 0.6) is 0 Å². The molecule has 0 spiro atoms. The molecule has 3 heterocycles. The Balaban J connectivity index is 1.65. The SMILES string of the molecule is Cc1nc(-c2ccccn2)sc1C(=O)N1CCNCC1c1cccc(Cl)c1. The van der Waals surface area contributed by atoms with Crippen LogP contribution in [0.3, 0.4) is 0 Å². The van der Waals surface area contributed by atoms with Gasteiger partial charge in [0.1, 0.15) is 9.88 Å². The second kappa shape index (κ2) is 7.76. The summed E-state index contributed by atoms with van der Waals surface area (Å²) in [6, 6.07) is 13.4. The largest absolute Gasteiger partial charge is 0.328 e. The van der Waals surface area contributed by atoms with E-state index in [1.807, 2.05) is 54.3 Å². The normalized spacial score (nSPS) is 17.1. The third-order valence-electron chi connectivity index (χ3n) is 4.61. The van der Waals surface area contributed by atoms with Crippen LogP contribution in [0.25, 0.3) is 10.7 Å². The van der Waals surface area contributed by atoms with Crippen molar-refractivity contribution in [2.24, 2.45) is 0 Å². The van der Waals surface area contributed by atoms with Gasteiger partial charge >= 0.3 is 0 Å². The molecule has 2 aromatic heterocycles. The van der Waals surface area contributed by atoms with Crippen LogP contribution in [0.2, 0.25) is 5.02 Å². The van der Waals surface area contributed by atoms with Gasteiger partial charge in [0, 0.05) is 30.9 Å². The predicted octanol–water partition coefficient (Wildman–Crippen LogP) is 3.95. The Morgan fingerprint density at radius 3 is 2.96 bits per heavy atom. The first-order valence-electron chi connectivity index (χ1n) is 8.79. The van der Waals surface area contributed by atoms with Crippen molar-refractivity contribution < 1.29 is 4.79 Å². The molecule has 5 nitrogen and oxygen atoms in total. The summed E-state index contributed by atoms with van der Waals surface area (Å²) < 4.78 is 0. The van der Waals surface area contributed by atoms with Crippen molar-refractivity contribution in [3.63, 3.8) is 0 Å². The third kappa shape index (κ3) is 3.74. The molecule has 0 aliphatic carbocycles. The molecule has 0 bridgehead atoms. The van der Waals surface area contributed by atoms with Crippen molar-refractivity contribution in [2.45, 2.75) is 13.0 Å². The summed E-state index contributed by atoms with van der Waals surface area (Å²) in [5, 5.41) is 4.82. The molecule has 27 heavy (non-hydrogen) atoms. The highest BCUT2D eigenvalue weighted by atomic mass is 35.5. The Morgan fingerprint density at radius 2 is 2.19 bits per heavy atom. The van der Waals surface area contributed by atoms with Gasteiger partial charge in [-0.2, -0.15) is 0 Å². The second-order valence-corrected chi connectivity index (χ2v) is 7.86. The van der Waals surface area contributed by atoms with E-state index in [1.165, 1.54) is 11.3 Å². The molecule has 4 rings (SSSR count). The van der Waals surface area contributed by atoms with E-state index in [2.05, 4.69) is 15.3 Å². The summed E-state index contributed by atoms with van der Waals surface area (Å²) in [5.74, 6) is 0.0126. The molecule has 0 radical (unpaired) electrons. The maximum absolute atomic E-state index is 13.3. The molecule has 0 saturated carbocycles. The van der Waals surface area contributed by atoms with Gasteiger partial charge in [-0.3, -0.25) is 9.78 Å². The van der Waals surface area contributed by atoms with Gasteiger partial charge in [-0.05, 0) is 36.8 Å². The Labute approximate surface area is 167 Å². The number of pyridine rings is 1. The van der Waals surface area contributed by atoms with E-state index in [0.717, 1.165) is 28.5 Å². The summed E-state index contributed by atoms with van der Waals surface area (Å²) in [6.45, 7) is 4.00. The monoisotopic (exact) mass is 398 g/mol. The number of nitrogens with one attached hydrogen (secondary N) is 1. The smallest absolute Gasteiger partial charge is 0.266 e. The first-order valence-corrected chi connectivity index (χ1v) is 9.99. The molecule has 1 fully saturated rings. The number of piperazine rings is 1. The number of nitrogens with zero attached hydrogens (tertiary/aromatic N) is 3. The molecule has 1 amide bonds. The van der Waals surface area contributed by atoms with Crippen molar-refractivity contribution in [3.8, 4) is 10.7 Å². The van der Waals surface area contributed by atoms with Gasteiger partial charge in [0.2, 0.25) is 0 Å². The summed E-state index contributed by atoms with van der Waals surface area (Å²) in [6.07, 6.45) is 1.74. The van der Waals surface area contributed by atoms with Crippen molar-refractivity contribution >= 4 is 28.8 Å². The Kier molecular flexibility index (Phi) is 5.20. The van der Waals surface area contributed by atoms with Gasteiger partial charge in [0.05, 0.1) is 17.4 Å². The lowest BCUT2D eigenvalue weighted by molar-refractivity contribution is 0.0638. The van der Waals surface area contributed by atoms with E-state index < -0.39 is 0 Å². The van der Waals surface area contributed by atoms with E-state index >= 15 is 0 Å². The van der Waals surface area contributed by atoms with Gasteiger partial charge in [-0.25, -0.2) is 4.98 Å². The zero-order valence-corrected chi connectivity index (χ0v) is 16.4. The molecule has 1 aliphatic heterocycles. The van der Waals surface area contributed by atoms with E-state index in [4.69, 9.17) is 11.6 Å². The highest BCUT2D eigenvalue weighted by Crippen LogP contribution is 2.31. The molecule has 3 aromatic rings. The lowest BCUT2D eigenvalue weighted by Crippen LogP contribution is -2.48. The van der Waals surface area contributed by atoms with E-state index in [-0.39, 0.29) is 11.9 Å². The van der Waals surface area contributed by atoms with Gasteiger partial charge in [-0.15, -0.1) is 11.3 Å². The Hall–Kier alpha value is -2.28. The van der Waals surface area contributed by atoms with Crippen LogP contribution < -0.4 is 5.32 Å². The summed E-state index contributed by atoms with van der Waals surface area (Å²) >= 11 is 7.57. The number of carbonyl (C=O) groups excluding carboxylic acids is 1. The lowest BCUT2D eigenvalue weighted by Gasteiger charge is -2.36. The Bertz CT molecular complexity index is 960. The van der Waals surface area contributed by atoms with E-state index in [9.17, 15) is 4.79 Å². The zero-order chi connectivity index (χ0) is 18.8. The van der Waals surface area contributed by atoms with Gasteiger partial charge in [0.25, 0.3) is 5.91 Å². The summed E-state index contributed by atoms with van der Waals surface area (Å²) in [4.78, 5) is 24.9. The van der Waals surface area contributed by atoms with E-state index in [1.54, 1.807) is 6.20 Å². The van der Waals surface area contributed by atoms with Crippen LogP contribution in [-0.4, -0.2) is 40.4 Å². The number of hydrogen-bond acceptors (Lipinski definition) is 5. The highest BCUT2D eigenvalue weighted by Gasteiger charge is 2.31. The minimum Gasteiger partial charge on any atom is -0.328 e. The summed E-state index contributed by atoms with van der Waals surface area (Å²) in [5.41, 5.74) is 2.57. The standard InChI is InChI=1S/C20H19ClN4OS/c1-13-18(27-19(24-13)16-7-2-3-8-23-16)20(26)25-10-9-22-12-17(25)14-5-4-6-15(21)11-14/h2-8,11,17,22H,9-10,12H2,1H3. The average Bonchev–Trinajstić information content (AvgIpc) is 3.10. The minimum absolute atomic E-state index is 0.0126. The lowest BCUT2D eigenvalue weighted by atomic mass is 10.0. The molecular weight excluding hydrogens is 380 g/mol. The maximum atomic E-state index is 13.3. The van der Waals surface area contributed by atoms with Crippen LogP contribution in [-0.2, 0) is 0 Å². The maximum Gasteiger partial charge on any atom is 0.266 e. The molecule has 1 atom stereocenters. The molecule has 1 unspecified atom stereocenters. The fourth-order valence-corrected chi connectivity index (χ4v) is 4.48. The first kappa shape index (κ1) is 18.1. The van der Waals surface area contributed by atoms with Crippen molar-refractivity contribution in [1.82, 2.24) is 20.2 Å². The number of halogens is 1. The molecule has 138 valence electrons. The molecular formula is C20H19ClN4OS. The molecule has 1 N–H and O–H groups in total. The zero-order valence-electron chi connectivity index (χ0n) is 14.9. The van der Waals surface area contributed by atoms with Gasteiger partial charge < -0.3 is 10.2 Å². The first-order chi connectivity index (χ1) is 13.1. The number of benzene rings is 1. The van der Waals surface area contributed by atoms with E-state index in [0.29, 0.717) is 23.0 Å². The van der Waals surface area contributed by atoms with Crippen LogP contribution >= 0.6 is 22.9 Å². The molecule has 7 heteroatoms. The van der Waals surface area contributed by atoms with Crippen LogP contribution in [0, 0.1) is 6.92 Å². The fraction of sp³-hybridized carbons (Fsp3) is 0.250. The summed E-state index contributed by atoms with van der Waals surface area (Å²) in [7, 11) is 0. The number of hydrogen-bond donors (Lipinski definition) is 1. The predicted molar refractivity (Wildman–Crippen MR) is 108 cm³/mol.